The highest BCUT2D eigenvalue weighted by atomic mass is 127. The highest BCUT2D eigenvalue weighted by Gasteiger charge is 2.37. The first-order valence-electron chi connectivity index (χ1n) is 9.87. The van der Waals surface area contributed by atoms with Crippen molar-refractivity contribution in [3.63, 3.8) is 0 Å². The standard InChI is InChI=1S/C24H18IN3O5/c1-13-10-16(14(2)27(13)18-8-6-17(25)7-9-18)12-20-21(29)26-24(33)28(22(20)30)19-5-3-4-15(11-19)23(31)32/h3-12H,1-2H3,(H,31,32)(H,26,29,33). The Balaban J connectivity index is 1.76. The van der Waals surface area contributed by atoms with Crippen molar-refractivity contribution in [3.8, 4) is 5.69 Å². The average Bonchev–Trinajstić information content (AvgIpc) is 3.05. The highest BCUT2D eigenvalue weighted by Crippen LogP contribution is 2.26. The zero-order chi connectivity index (χ0) is 23.9. The van der Waals surface area contributed by atoms with Crippen molar-refractivity contribution in [2.24, 2.45) is 0 Å². The van der Waals surface area contributed by atoms with Gasteiger partial charge in [-0.1, -0.05) is 6.07 Å². The molecule has 2 heterocycles. The Labute approximate surface area is 202 Å². The number of carboxylic acids is 1. The second kappa shape index (κ2) is 8.66. The third-order valence-electron chi connectivity index (χ3n) is 5.31. The van der Waals surface area contributed by atoms with Crippen LogP contribution in [-0.4, -0.2) is 33.5 Å². The molecule has 33 heavy (non-hydrogen) atoms. The number of carbonyl (C=O) groups is 4. The molecule has 0 unspecified atom stereocenters. The molecular weight excluding hydrogens is 537 g/mol. The molecule has 8 nitrogen and oxygen atoms in total. The first-order valence-corrected chi connectivity index (χ1v) is 10.9. The molecule has 0 aliphatic carbocycles. The maximum atomic E-state index is 13.2. The molecule has 1 aliphatic heterocycles. The predicted molar refractivity (Wildman–Crippen MR) is 130 cm³/mol. The number of hydrogen-bond donors (Lipinski definition) is 2. The number of rotatable bonds is 4. The third-order valence-corrected chi connectivity index (χ3v) is 6.03. The van der Waals surface area contributed by atoms with Crippen LogP contribution in [0.1, 0.15) is 27.3 Å². The summed E-state index contributed by atoms with van der Waals surface area (Å²) < 4.78 is 3.11. The lowest BCUT2D eigenvalue weighted by Gasteiger charge is -2.26. The molecule has 1 aromatic heterocycles. The number of nitrogens with one attached hydrogen (secondary N) is 1. The molecule has 1 aliphatic rings. The molecule has 2 aromatic carbocycles. The lowest BCUT2D eigenvalue weighted by Crippen LogP contribution is -2.54. The lowest BCUT2D eigenvalue weighted by atomic mass is 10.1. The smallest absolute Gasteiger partial charge is 0.335 e. The van der Waals surface area contributed by atoms with Gasteiger partial charge in [0.2, 0.25) is 0 Å². The summed E-state index contributed by atoms with van der Waals surface area (Å²) in [6.45, 7) is 3.80. The normalized spacial score (nSPS) is 15.2. The number of carbonyl (C=O) groups excluding carboxylic acids is 3. The summed E-state index contributed by atoms with van der Waals surface area (Å²) in [6.07, 6.45) is 1.45. The fraction of sp³-hybridized carbons (Fsp3) is 0.0833. The van der Waals surface area contributed by atoms with Gasteiger partial charge in [0.15, 0.2) is 0 Å². The van der Waals surface area contributed by atoms with Gasteiger partial charge in [-0.25, -0.2) is 14.5 Å². The number of nitrogens with zero attached hydrogens (tertiary/aromatic N) is 2. The van der Waals surface area contributed by atoms with E-state index in [1.807, 2.05) is 48.7 Å². The van der Waals surface area contributed by atoms with Gasteiger partial charge in [-0.05, 0) is 96.6 Å². The van der Waals surface area contributed by atoms with Gasteiger partial charge in [0.25, 0.3) is 11.8 Å². The molecule has 1 fully saturated rings. The molecule has 2 N–H and O–H groups in total. The second-order valence-corrected chi connectivity index (χ2v) is 8.70. The predicted octanol–water partition coefficient (Wildman–Crippen LogP) is 4.06. The van der Waals surface area contributed by atoms with Crippen LogP contribution in [-0.2, 0) is 9.59 Å². The Morgan fingerprint density at radius 3 is 2.36 bits per heavy atom. The summed E-state index contributed by atoms with van der Waals surface area (Å²) in [7, 11) is 0. The van der Waals surface area contributed by atoms with E-state index >= 15 is 0 Å². The number of aromatic carboxylic acids is 1. The van der Waals surface area contributed by atoms with Crippen LogP contribution in [0.15, 0.2) is 60.2 Å². The molecule has 3 aromatic rings. The fourth-order valence-electron chi connectivity index (χ4n) is 3.75. The molecule has 0 saturated carbocycles. The van der Waals surface area contributed by atoms with Crippen molar-refractivity contribution >= 4 is 58.2 Å². The van der Waals surface area contributed by atoms with Crippen molar-refractivity contribution in [2.45, 2.75) is 13.8 Å². The van der Waals surface area contributed by atoms with E-state index < -0.39 is 23.8 Å². The quantitative estimate of drug-likeness (QED) is 0.287. The topological polar surface area (TPSA) is 109 Å². The highest BCUT2D eigenvalue weighted by molar-refractivity contribution is 14.1. The minimum absolute atomic E-state index is 0.0557. The van der Waals surface area contributed by atoms with E-state index in [-0.39, 0.29) is 16.8 Å². The third kappa shape index (κ3) is 4.19. The summed E-state index contributed by atoms with van der Waals surface area (Å²) in [6, 6.07) is 14.3. The van der Waals surface area contributed by atoms with Gasteiger partial charge in [-0.2, -0.15) is 0 Å². The van der Waals surface area contributed by atoms with Crippen LogP contribution in [0.25, 0.3) is 11.8 Å². The number of aryl methyl sites for hydroxylation is 1. The van der Waals surface area contributed by atoms with Crippen LogP contribution in [0, 0.1) is 17.4 Å². The number of benzene rings is 2. The van der Waals surface area contributed by atoms with Crippen molar-refractivity contribution in [1.29, 1.82) is 0 Å². The molecule has 9 heteroatoms. The van der Waals surface area contributed by atoms with Gasteiger partial charge in [0.05, 0.1) is 11.3 Å². The van der Waals surface area contributed by atoms with Crippen molar-refractivity contribution < 1.29 is 24.3 Å². The van der Waals surface area contributed by atoms with Gasteiger partial charge in [0.1, 0.15) is 5.57 Å². The molecule has 0 spiro atoms. The van der Waals surface area contributed by atoms with Crippen LogP contribution >= 0.6 is 22.6 Å². The van der Waals surface area contributed by atoms with Crippen molar-refractivity contribution in [1.82, 2.24) is 9.88 Å². The Bertz CT molecular complexity index is 1350. The Kier molecular flexibility index (Phi) is 5.90. The SMILES string of the molecule is Cc1cc(C=C2C(=O)NC(=O)N(c3cccc(C(=O)O)c3)C2=O)c(C)n1-c1ccc(I)cc1. The molecule has 1 saturated heterocycles. The molecule has 0 radical (unpaired) electrons. The maximum absolute atomic E-state index is 13.2. The number of urea groups is 1. The van der Waals surface area contributed by atoms with Gasteiger partial charge < -0.3 is 9.67 Å². The molecule has 166 valence electrons. The average molecular weight is 555 g/mol. The molecule has 0 atom stereocenters. The van der Waals surface area contributed by atoms with E-state index in [0.29, 0.717) is 5.56 Å². The molecule has 4 amide bonds. The second-order valence-electron chi connectivity index (χ2n) is 7.45. The monoisotopic (exact) mass is 555 g/mol. The number of amides is 4. The number of anilines is 1. The Hall–Kier alpha value is -3.73. The van der Waals surface area contributed by atoms with Crippen LogP contribution in [0.2, 0.25) is 0 Å². The zero-order valence-electron chi connectivity index (χ0n) is 17.6. The first kappa shape index (κ1) is 22.5. The van der Waals surface area contributed by atoms with E-state index in [0.717, 1.165) is 25.5 Å². The van der Waals surface area contributed by atoms with E-state index in [1.165, 1.54) is 30.3 Å². The number of barbiturate groups is 1. The van der Waals surface area contributed by atoms with Crippen LogP contribution < -0.4 is 10.2 Å². The number of imide groups is 2. The Morgan fingerprint density at radius 2 is 1.70 bits per heavy atom. The van der Waals surface area contributed by atoms with Gasteiger partial charge >= 0.3 is 12.0 Å². The Morgan fingerprint density at radius 1 is 1.00 bits per heavy atom. The van der Waals surface area contributed by atoms with E-state index in [9.17, 15) is 24.3 Å². The summed E-state index contributed by atoms with van der Waals surface area (Å²) in [5.74, 6) is -2.84. The molecule has 4 rings (SSSR count). The number of aromatic nitrogens is 1. The number of carboxylic acid groups (broad SMARTS) is 1. The summed E-state index contributed by atoms with van der Waals surface area (Å²) in [5, 5.41) is 11.4. The fourth-order valence-corrected chi connectivity index (χ4v) is 4.11. The van der Waals surface area contributed by atoms with E-state index in [2.05, 4.69) is 27.9 Å². The van der Waals surface area contributed by atoms with Gasteiger partial charge in [-0.3, -0.25) is 14.9 Å². The number of halogens is 1. The van der Waals surface area contributed by atoms with Crippen LogP contribution in [0.4, 0.5) is 10.5 Å². The van der Waals surface area contributed by atoms with Crippen LogP contribution in [0.5, 0.6) is 0 Å². The summed E-state index contributed by atoms with van der Waals surface area (Å²) >= 11 is 2.23. The zero-order valence-corrected chi connectivity index (χ0v) is 19.8. The van der Waals surface area contributed by atoms with Crippen LogP contribution in [0.3, 0.4) is 0 Å². The number of hydrogen-bond acceptors (Lipinski definition) is 4. The van der Waals surface area contributed by atoms with Gasteiger partial charge in [0, 0.05) is 20.6 Å². The summed E-state index contributed by atoms with van der Waals surface area (Å²) in [4.78, 5) is 50.2. The largest absolute Gasteiger partial charge is 0.478 e. The van der Waals surface area contributed by atoms with Gasteiger partial charge in [-0.15, -0.1) is 0 Å². The lowest BCUT2D eigenvalue weighted by molar-refractivity contribution is -0.122. The van der Waals surface area contributed by atoms with E-state index in [1.54, 1.807) is 0 Å². The van der Waals surface area contributed by atoms with Crippen molar-refractivity contribution in [3.05, 3.63) is 86.3 Å². The maximum Gasteiger partial charge on any atom is 0.335 e. The minimum atomic E-state index is -1.20. The first-order chi connectivity index (χ1) is 15.7. The van der Waals surface area contributed by atoms with Crippen molar-refractivity contribution in [2.75, 3.05) is 4.90 Å². The minimum Gasteiger partial charge on any atom is -0.478 e. The molecule has 0 bridgehead atoms. The molecular formula is C24H18IN3O5. The summed E-state index contributed by atoms with van der Waals surface area (Å²) in [5.41, 5.74) is 3.06. The van der Waals surface area contributed by atoms with E-state index in [4.69, 9.17) is 0 Å².